The van der Waals surface area contributed by atoms with Crippen molar-refractivity contribution in [2.45, 2.75) is 10.6 Å². The SMILES string of the molecule is N#Cc1ccc(CSc2cccc(O)c2)c(F)c1. The number of halogens is 1. The monoisotopic (exact) mass is 259 g/mol. The number of phenolic OH excluding ortho intramolecular Hbond substituents is 1. The van der Waals surface area contributed by atoms with Crippen molar-refractivity contribution in [1.29, 1.82) is 5.26 Å². The van der Waals surface area contributed by atoms with Crippen LogP contribution in [0.4, 0.5) is 4.39 Å². The molecule has 0 aliphatic carbocycles. The van der Waals surface area contributed by atoms with Crippen LogP contribution in [0.1, 0.15) is 11.1 Å². The van der Waals surface area contributed by atoms with Crippen LogP contribution >= 0.6 is 11.8 Å². The lowest BCUT2D eigenvalue weighted by molar-refractivity contribution is 0.474. The Morgan fingerprint density at radius 2 is 2.06 bits per heavy atom. The fraction of sp³-hybridized carbons (Fsp3) is 0.0714. The molecule has 0 radical (unpaired) electrons. The molecule has 0 aliphatic heterocycles. The first kappa shape index (κ1) is 12.5. The lowest BCUT2D eigenvalue weighted by Gasteiger charge is -2.04. The van der Waals surface area contributed by atoms with Crippen molar-refractivity contribution in [3.63, 3.8) is 0 Å². The molecule has 0 unspecified atom stereocenters. The molecule has 0 aliphatic rings. The third-order valence-corrected chi connectivity index (χ3v) is 3.44. The number of nitrogens with zero attached hydrogens (tertiary/aromatic N) is 1. The van der Waals surface area contributed by atoms with Gasteiger partial charge in [0.15, 0.2) is 0 Å². The van der Waals surface area contributed by atoms with Gasteiger partial charge in [0.2, 0.25) is 0 Å². The summed E-state index contributed by atoms with van der Waals surface area (Å²) in [5, 5.41) is 18.0. The van der Waals surface area contributed by atoms with E-state index in [4.69, 9.17) is 5.26 Å². The number of hydrogen-bond acceptors (Lipinski definition) is 3. The first-order valence-electron chi connectivity index (χ1n) is 5.29. The lowest BCUT2D eigenvalue weighted by Crippen LogP contribution is -1.89. The first-order valence-corrected chi connectivity index (χ1v) is 6.28. The summed E-state index contributed by atoms with van der Waals surface area (Å²) >= 11 is 1.43. The number of phenols is 1. The van der Waals surface area contributed by atoms with E-state index in [1.807, 2.05) is 12.1 Å². The van der Waals surface area contributed by atoms with Crippen LogP contribution in [0.15, 0.2) is 47.4 Å². The minimum atomic E-state index is -0.373. The fourth-order valence-electron chi connectivity index (χ4n) is 1.47. The normalized spacial score (nSPS) is 10.0. The Kier molecular flexibility index (Phi) is 3.85. The zero-order valence-corrected chi connectivity index (χ0v) is 10.2. The highest BCUT2D eigenvalue weighted by molar-refractivity contribution is 7.98. The maximum absolute atomic E-state index is 13.6. The Morgan fingerprint density at radius 3 is 2.72 bits per heavy atom. The molecule has 2 nitrogen and oxygen atoms in total. The second kappa shape index (κ2) is 5.56. The van der Waals surface area contributed by atoms with Gasteiger partial charge >= 0.3 is 0 Å². The molecular formula is C14H10FNOS. The van der Waals surface area contributed by atoms with E-state index in [2.05, 4.69) is 0 Å². The van der Waals surface area contributed by atoms with Crippen molar-refractivity contribution in [3.05, 3.63) is 59.4 Å². The van der Waals surface area contributed by atoms with Crippen LogP contribution in [0.3, 0.4) is 0 Å². The predicted molar refractivity (Wildman–Crippen MR) is 68.8 cm³/mol. The van der Waals surface area contributed by atoms with Gasteiger partial charge in [0.1, 0.15) is 11.6 Å². The molecule has 18 heavy (non-hydrogen) atoms. The predicted octanol–water partition coefficient (Wildman–Crippen LogP) is 3.70. The number of benzene rings is 2. The Morgan fingerprint density at radius 1 is 1.22 bits per heavy atom. The molecule has 1 N–H and O–H groups in total. The zero-order chi connectivity index (χ0) is 13.0. The average Bonchev–Trinajstić information content (AvgIpc) is 2.37. The topological polar surface area (TPSA) is 44.0 Å². The summed E-state index contributed by atoms with van der Waals surface area (Å²) in [6, 6.07) is 13.2. The average molecular weight is 259 g/mol. The summed E-state index contributed by atoms with van der Waals surface area (Å²) in [5.41, 5.74) is 0.862. The number of nitriles is 1. The van der Waals surface area contributed by atoms with E-state index in [9.17, 15) is 9.50 Å². The fourth-order valence-corrected chi connectivity index (χ4v) is 2.40. The van der Waals surface area contributed by atoms with Gasteiger partial charge in [-0.05, 0) is 35.9 Å². The summed E-state index contributed by atoms with van der Waals surface area (Å²) in [4.78, 5) is 0.874. The summed E-state index contributed by atoms with van der Waals surface area (Å²) in [6.07, 6.45) is 0. The van der Waals surface area contributed by atoms with Gasteiger partial charge in [-0.25, -0.2) is 4.39 Å². The minimum absolute atomic E-state index is 0.195. The maximum Gasteiger partial charge on any atom is 0.128 e. The molecule has 0 heterocycles. The van der Waals surface area contributed by atoms with Gasteiger partial charge < -0.3 is 5.11 Å². The van der Waals surface area contributed by atoms with Crippen LogP contribution in [0.2, 0.25) is 0 Å². The second-order valence-electron chi connectivity index (χ2n) is 3.70. The molecule has 0 fully saturated rings. The van der Waals surface area contributed by atoms with Crippen LogP contribution in [-0.4, -0.2) is 5.11 Å². The van der Waals surface area contributed by atoms with Crippen LogP contribution in [0, 0.1) is 17.1 Å². The van der Waals surface area contributed by atoms with E-state index in [1.165, 1.54) is 17.8 Å². The smallest absolute Gasteiger partial charge is 0.128 e. The highest BCUT2D eigenvalue weighted by Gasteiger charge is 2.04. The van der Waals surface area contributed by atoms with E-state index in [1.54, 1.807) is 30.3 Å². The summed E-state index contributed by atoms with van der Waals surface area (Å²) < 4.78 is 13.6. The molecule has 0 spiro atoms. The molecule has 0 saturated carbocycles. The van der Waals surface area contributed by atoms with Crippen LogP contribution in [0.25, 0.3) is 0 Å². The highest BCUT2D eigenvalue weighted by Crippen LogP contribution is 2.26. The van der Waals surface area contributed by atoms with Crippen molar-refractivity contribution in [2.75, 3.05) is 0 Å². The molecule has 0 aromatic heterocycles. The van der Waals surface area contributed by atoms with Crippen molar-refractivity contribution < 1.29 is 9.50 Å². The number of aromatic hydroxyl groups is 1. The Balaban J connectivity index is 2.09. The van der Waals surface area contributed by atoms with Gasteiger partial charge in [-0.3, -0.25) is 0 Å². The second-order valence-corrected chi connectivity index (χ2v) is 4.75. The third kappa shape index (κ3) is 3.02. The summed E-state index contributed by atoms with van der Waals surface area (Å²) in [7, 11) is 0. The lowest BCUT2D eigenvalue weighted by atomic mass is 10.1. The van der Waals surface area contributed by atoms with E-state index in [0.717, 1.165) is 4.90 Å². The molecule has 0 bridgehead atoms. The molecule has 4 heteroatoms. The van der Waals surface area contributed by atoms with Gasteiger partial charge in [-0.1, -0.05) is 12.1 Å². The minimum Gasteiger partial charge on any atom is -0.508 e. The third-order valence-electron chi connectivity index (χ3n) is 2.39. The highest BCUT2D eigenvalue weighted by atomic mass is 32.2. The zero-order valence-electron chi connectivity index (χ0n) is 9.43. The Bertz CT molecular complexity index is 607. The van der Waals surface area contributed by atoms with Crippen molar-refractivity contribution in [3.8, 4) is 11.8 Å². The van der Waals surface area contributed by atoms with Gasteiger partial charge in [0, 0.05) is 10.6 Å². The summed E-state index contributed by atoms with van der Waals surface area (Å²) in [6.45, 7) is 0. The van der Waals surface area contributed by atoms with E-state index < -0.39 is 0 Å². The largest absolute Gasteiger partial charge is 0.508 e. The van der Waals surface area contributed by atoms with Gasteiger partial charge in [-0.15, -0.1) is 11.8 Å². The number of rotatable bonds is 3. The number of thioether (sulfide) groups is 1. The summed E-state index contributed by atoms with van der Waals surface area (Å²) in [5.74, 6) is 0.281. The molecule has 2 aromatic carbocycles. The van der Waals surface area contributed by atoms with Crippen molar-refractivity contribution in [2.24, 2.45) is 0 Å². The van der Waals surface area contributed by atoms with E-state index in [-0.39, 0.29) is 11.6 Å². The quantitative estimate of drug-likeness (QED) is 0.855. The standard InChI is InChI=1S/C14H10FNOS/c15-14-6-10(8-16)4-5-11(14)9-18-13-3-1-2-12(17)7-13/h1-7,17H,9H2. The Labute approximate surface area is 109 Å². The Hall–Kier alpha value is -1.99. The molecule has 0 amide bonds. The van der Waals surface area contributed by atoms with Crippen LogP contribution in [-0.2, 0) is 5.75 Å². The molecule has 0 saturated heterocycles. The van der Waals surface area contributed by atoms with Gasteiger partial charge in [0.25, 0.3) is 0 Å². The van der Waals surface area contributed by atoms with Crippen LogP contribution < -0.4 is 0 Å². The molecule has 0 atom stereocenters. The molecular weight excluding hydrogens is 249 g/mol. The molecule has 2 rings (SSSR count). The van der Waals surface area contributed by atoms with Crippen molar-refractivity contribution in [1.82, 2.24) is 0 Å². The van der Waals surface area contributed by atoms with E-state index >= 15 is 0 Å². The maximum atomic E-state index is 13.6. The first-order chi connectivity index (χ1) is 8.69. The number of hydrogen-bond donors (Lipinski definition) is 1. The van der Waals surface area contributed by atoms with Gasteiger partial charge in [-0.2, -0.15) is 5.26 Å². The molecule has 90 valence electrons. The van der Waals surface area contributed by atoms with Crippen LogP contribution in [0.5, 0.6) is 5.75 Å². The molecule has 2 aromatic rings. The van der Waals surface area contributed by atoms with Crippen molar-refractivity contribution >= 4 is 11.8 Å². The van der Waals surface area contributed by atoms with E-state index in [0.29, 0.717) is 16.9 Å². The van der Waals surface area contributed by atoms with Gasteiger partial charge in [0.05, 0.1) is 11.6 Å².